The summed E-state index contributed by atoms with van der Waals surface area (Å²) in [5, 5.41) is 12.3. The Balaban J connectivity index is 1.88. The zero-order chi connectivity index (χ0) is 20.9. The first-order valence-corrected chi connectivity index (χ1v) is 10.7. The zero-order valence-corrected chi connectivity index (χ0v) is 17.9. The molecule has 0 spiro atoms. The molecule has 4 nitrogen and oxygen atoms in total. The van der Waals surface area contributed by atoms with Gasteiger partial charge in [0.1, 0.15) is 6.54 Å². The number of carbonyl (C=O) groups is 1. The molecule has 1 aliphatic rings. The number of hydrogen-bond acceptors (Lipinski definition) is 2. The van der Waals surface area contributed by atoms with E-state index in [-0.39, 0.29) is 11.9 Å². The summed E-state index contributed by atoms with van der Waals surface area (Å²) in [7, 11) is 0. The number of aryl methyl sites for hydroxylation is 2. The summed E-state index contributed by atoms with van der Waals surface area (Å²) in [4.78, 5) is 13.5. The van der Waals surface area contributed by atoms with Crippen LogP contribution < -0.4 is 5.32 Å². The lowest BCUT2D eigenvalue weighted by Crippen LogP contribution is -2.61. The molecule has 0 aromatic heterocycles. The second-order valence-corrected chi connectivity index (χ2v) is 8.37. The molecule has 0 aliphatic carbocycles. The minimum Gasteiger partial charge on any atom is -0.320 e. The number of anilines is 1. The van der Waals surface area contributed by atoms with E-state index >= 15 is 0 Å². The van der Waals surface area contributed by atoms with E-state index in [9.17, 15) is 4.79 Å². The van der Waals surface area contributed by atoms with Gasteiger partial charge in [-0.05, 0) is 56.4 Å². The first-order chi connectivity index (χ1) is 14.0. The Kier molecular flexibility index (Phi) is 6.71. The summed E-state index contributed by atoms with van der Waals surface area (Å²) in [6.07, 6.45) is 4.36. The molecule has 1 saturated heterocycles. The van der Waals surface area contributed by atoms with Crippen molar-refractivity contribution in [1.29, 1.82) is 5.26 Å². The number of rotatable bonds is 6. The zero-order valence-electron chi connectivity index (χ0n) is 17.9. The molecule has 0 saturated carbocycles. The Morgan fingerprint density at radius 3 is 2.24 bits per heavy atom. The first-order valence-electron chi connectivity index (χ1n) is 10.7. The first kappa shape index (κ1) is 21.1. The fraction of sp³-hybridized carbons (Fsp3) is 0.440. The number of hydrogen-bond donors (Lipinski definition) is 1. The molecule has 1 N–H and O–H groups in total. The van der Waals surface area contributed by atoms with Crippen molar-refractivity contribution >= 4 is 11.6 Å². The predicted molar refractivity (Wildman–Crippen MR) is 117 cm³/mol. The molecule has 4 heteroatoms. The average molecular weight is 391 g/mol. The maximum Gasteiger partial charge on any atom is 0.282 e. The van der Waals surface area contributed by atoms with Gasteiger partial charge in [-0.25, -0.2) is 0 Å². The van der Waals surface area contributed by atoms with Crippen LogP contribution in [-0.2, 0) is 11.3 Å². The lowest BCUT2D eigenvalue weighted by molar-refractivity contribution is -0.959. The van der Waals surface area contributed by atoms with Crippen LogP contribution in [0.4, 0.5) is 5.69 Å². The molecule has 1 heterocycles. The minimum atomic E-state index is -0.0788. The van der Waals surface area contributed by atoms with Crippen LogP contribution in [0.2, 0.25) is 0 Å². The number of para-hydroxylation sites is 1. The van der Waals surface area contributed by atoms with Crippen molar-refractivity contribution in [3.63, 3.8) is 0 Å². The van der Waals surface area contributed by atoms with Crippen molar-refractivity contribution in [1.82, 2.24) is 0 Å². The topological polar surface area (TPSA) is 52.9 Å². The molecular weight excluding hydrogens is 358 g/mol. The molecule has 3 rings (SSSR count). The van der Waals surface area contributed by atoms with Gasteiger partial charge in [0.25, 0.3) is 5.91 Å². The summed E-state index contributed by atoms with van der Waals surface area (Å²) >= 11 is 0. The van der Waals surface area contributed by atoms with Crippen molar-refractivity contribution in [3.05, 3.63) is 64.7 Å². The van der Waals surface area contributed by atoms with Crippen LogP contribution in [0.25, 0.3) is 0 Å². The van der Waals surface area contributed by atoms with Crippen molar-refractivity contribution in [2.24, 2.45) is 0 Å². The molecule has 2 aromatic carbocycles. The number of carbonyl (C=O) groups excluding carboxylic acids is 1. The van der Waals surface area contributed by atoms with Gasteiger partial charge in [0.2, 0.25) is 0 Å². The summed E-state index contributed by atoms with van der Waals surface area (Å²) in [5.74, 6) is 0.125. The number of benzene rings is 2. The summed E-state index contributed by atoms with van der Waals surface area (Å²) in [6, 6.07) is 16.1. The molecule has 29 heavy (non-hydrogen) atoms. The van der Waals surface area contributed by atoms with Crippen LogP contribution in [0.5, 0.6) is 0 Å². The van der Waals surface area contributed by atoms with E-state index in [2.05, 4.69) is 18.3 Å². The van der Waals surface area contributed by atoms with Gasteiger partial charge in [0.15, 0.2) is 6.04 Å². The lowest BCUT2D eigenvalue weighted by Gasteiger charge is -2.46. The molecular formula is C25H32N3O+. The van der Waals surface area contributed by atoms with Gasteiger partial charge in [-0.1, -0.05) is 37.3 Å². The van der Waals surface area contributed by atoms with Crippen LogP contribution in [0.3, 0.4) is 0 Å². The average Bonchev–Trinajstić information content (AvgIpc) is 2.72. The molecule has 0 bridgehead atoms. The van der Waals surface area contributed by atoms with E-state index in [1.165, 1.54) is 12.0 Å². The van der Waals surface area contributed by atoms with Gasteiger partial charge >= 0.3 is 0 Å². The predicted octanol–water partition coefficient (Wildman–Crippen LogP) is 5.09. The molecule has 0 radical (unpaired) electrons. The number of nitrogens with zero attached hydrogens (tertiary/aromatic N) is 2. The van der Waals surface area contributed by atoms with Gasteiger partial charge in [-0.3, -0.25) is 4.79 Å². The number of nitrogens with one attached hydrogen (secondary N) is 1. The van der Waals surface area contributed by atoms with Gasteiger partial charge < -0.3 is 9.80 Å². The van der Waals surface area contributed by atoms with Gasteiger partial charge in [0, 0.05) is 17.7 Å². The Morgan fingerprint density at radius 1 is 1.07 bits per heavy atom. The van der Waals surface area contributed by atoms with E-state index < -0.39 is 0 Å². The molecule has 1 unspecified atom stereocenters. The van der Waals surface area contributed by atoms with E-state index in [0.29, 0.717) is 5.56 Å². The van der Waals surface area contributed by atoms with Gasteiger partial charge in [-0.15, -0.1) is 0 Å². The monoisotopic (exact) mass is 390 g/mol. The second-order valence-electron chi connectivity index (χ2n) is 8.37. The van der Waals surface area contributed by atoms with Crippen LogP contribution >= 0.6 is 0 Å². The summed E-state index contributed by atoms with van der Waals surface area (Å²) < 4.78 is 0.805. The number of likely N-dealkylation sites (tertiary alicyclic amines) is 1. The third kappa shape index (κ3) is 4.68. The Labute approximate surface area is 174 Å². The summed E-state index contributed by atoms with van der Waals surface area (Å²) in [5.41, 5.74) is 5.03. The third-order valence-corrected chi connectivity index (χ3v) is 6.37. The highest BCUT2D eigenvalue weighted by Crippen LogP contribution is 2.30. The SMILES string of the molecule is CCC(C(=O)Nc1c(C)cccc1C)[N+]1(Cc2ccc(C#N)cc2)CCCCC1. The van der Waals surface area contributed by atoms with Crippen molar-refractivity contribution in [3.8, 4) is 6.07 Å². The summed E-state index contributed by atoms with van der Waals surface area (Å²) in [6.45, 7) is 9.11. The highest BCUT2D eigenvalue weighted by molar-refractivity contribution is 5.95. The number of piperidine rings is 1. The Hall–Kier alpha value is -2.64. The third-order valence-electron chi connectivity index (χ3n) is 6.37. The Bertz CT molecular complexity index is 869. The second kappa shape index (κ2) is 9.24. The smallest absolute Gasteiger partial charge is 0.282 e. The van der Waals surface area contributed by atoms with Crippen LogP contribution in [0.15, 0.2) is 42.5 Å². The van der Waals surface area contributed by atoms with Crippen LogP contribution in [-0.4, -0.2) is 29.5 Å². The van der Waals surface area contributed by atoms with E-state index in [1.807, 2.05) is 56.3 Å². The number of amides is 1. The van der Waals surface area contributed by atoms with E-state index in [0.717, 1.165) is 60.2 Å². The number of quaternary nitrogens is 1. The minimum absolute atomic E-state index is 0.0788. The number of nitriles is 1. The lowest BCUT2D eigenvalue weighted by atomic mass is 9.98. The van der Waals surface area contributed by atoms with Crippen molar-refractivity contribution < 1.29 is 9.28 Å². The molecule has 1 atom stereocenters. The quantitative estimate of drug-likeness (QED) is 0.698. The van der Waals surface area contributed by atoms with Gasteiger partial charge in [-0.2, -0.15) is 5.26 Å². The highest BCUT2D eigenvalue weighted by Gasteiger charge is 2.42. The van der Waals surface area contributed by atoms with E-state index in [1.54, 1.807) is 0 Å². The normalized spacial score (nSPS) is 16.6. The van der Waals surface area contributed by atoms with Crippen LogP contribution in [0.1, 0.15) is 54.9 Å². The molecule has 1 fully saturated rings. The maximum atomic E-state index is 13.5. The van der Waals surface area contributed by atoms with E-state index in [4.69, 9.17) is 5.26 Å². The Morgan fingerprint density at radius 2 is 1.69 bits per heavy atom. The van der Waals surface area contributed by atoms with Gasteiger partial charge in [0.05, 0.1) is 24.7 Å². The maximum absolute atomic E-state index is 13.5. The highest BCUT2D eigenvalue weighted by atomic mass is 16.2. The van der Waals surface area contributed by atoms with Crippen molar-refractivity contribution in [2.75, 3.05) is 18.4 Å². The largest absolute Gasteiger partial charge is 0.320 e. The molecule has 152 valence electrons. The fourth-order valence-electron chi connectivity index (χ4n) is 4.81. The fourth-order valence-corrected chi connectivity index (χ4v) is 4.81. The molecule has 2 aromatic rings. The van der Waals surface area contributed by atoms with Crippen LogP contribution in [0, 0.1) is 25.2 Å². The molecule has 1 amide bonds. The molecule has 1 aliphatic heterocycles. The standard InChI is InChI=1S/C25H31N3O/c1-4-23(25(29)27-24-19(2)9-8-10-20(24)3)28(15-6-5-7-16-28)18-22-13-11-21(17-26)12-14-22/h8-14,23H,4-7,15-16,18H2,1-3H3/p+1. The van der Waals surface area contributed by atoms with Crippen molar-refractivity contribution in [2.45, 2.75) is 59.0 Å².